The number of benzene rings is 1. The highest BCUT2D eigenvalue weighted by Gasteiger charge is 2.05. The molecule has 1 heteroatoms. The van der Waals surface area contributed by atoms with Crippen molar-refractivity contribution in [1.29, 1.82) is 0 Å². The smallest absolute Gasteiger partial charge is 0.00156 e. The van der Waals surface area contributed by atoms with Crippen molar-refractivity contribution in [3.05, 3.63) is 35.9 Å². The molecule has 0 spiro atoms. The lowest BCUT2D eigenvalue weighted by Gasteiger charge is -2.22. The molecule has 0 radical (unpaired) electrons. The zero-order valence-electron chi connectivity index (χ0n) is 17.9. The summed E-state index contributed by atoms with van der Waals surface area (Å²) < 4.78 is 0. The Kier molecular flexibility index (Phi) is 15.7. The van der Waals surface area contributed by atoms with Crippen LogP contribution in [0.1, 0.15) is 103 Å². The number of aryl methyl sites for hydroxylation is 1. The molecule has 0 atom stereocenters. The van der Waals surface area contributed by atoms with Crippen LogP contribution in [-0.2, 0) is 6.42 Å². The molecule has 0 aromatic heterocycles. The molecule has 0 N–H and O–H groups in total. The molecule has 1 aromatic carbocycles. The summed E-state index contributed by atoms with van der Waals surface area (Å²) in [5.74, 6) is 0. The van der Waals surface area contributed by atoms with E-state index >= 15 is 0 Å². The summed E-state index contributed by atoms with van der Waals surface area (Å²) in [5.41, 5.74) is 1.49. The molecule has 0 aliphatic carbocycles. The van der Waals surface area contributed by atoms with Crippen LogP contribution in [0.5, 0.6) is 0 Å². The van der Waals surface area contributed by atoms with Gasteiger partial charge in [0.2, 0.25) is 0 Å². The quantitative estimate of drug-likeness (QED) is 0.243. The van der Waals surface area contributed by atoms with E-state index in [0.717, 1.165) is 0 Å². The van der Waals surface area contributed by atoms with Crippen molar-refractivity contribution in [2.75, 3.05) is 19.6 Å². The maximum absolute atomic E-state index is 2.75. The maximum atomic E-state index is 2.75. The van der Waals surface area contributed by atoms with Gasteiger partial charge in [0.15, 0.2) is 0 Å². The van der Waals surface area contributed by atoms with E-state index < -0.39 is 0 Å². The third-order valence-electron chi connectivity index (χ3n) is 5.44. The van der Waals surface area contributed by atoms with Crippen LogP contribution in [0, 0.1) is 0 Å². The molecule has 0 aliphatic rings. The Labute approximate surface area is 164 Å². The van der Waals surface area contributed by atoms with Crippen LogP contribution < -0.4 is 0 Å². The van der Waals surface area contributed by atoms with Gasteiger partial charge in [-0.15, -0.1) is 0 Å². The molecule has 150 valence electrons. The molecule has 0 unspecified atom stereocenters. The van der Waals surface area contributed by atoms with Gasteiger partial charge in [0.1, 0.15) is 0 Å². The lowest BCUT2D eigenvalue weighted by atomic mass is 10.1. The van der Waals surface area contributed by atoms with Gasteiger partial charge in [-0.05, 0) is 50.9 Å². The summed E-state index contributed by atoms with van der Waals surface area (Å²) in [6.45, 7) is 8.51. The number of hydrogen-bond donors (Lipinski definition) is 0. The van der Waals surface area contributed by atoms with Crippen molar-refractivity contribution in [3.8, 4) is 0 Å². The average Bonchev–Trinajstić information content (AvgIpc) is 2.67. The minimum absolute atomic E-state index is 1.23. The van der Waals surface area contributed by atoms with Gasteiger partial charge in [-0.25, -0.2) is 0 Å². The molecule has 0 saturated heterocycles. The van der Waals surface area contributed by atoms with Crippen LogP contribution in [0.2, 0.25) is 0 Å². The Morgan fingerprint density at radius 3 is 1.54 bits per heavy atom. The molecular formula is C25H45N. The molecule has 26 heavy (non-hydrogen) atoms. The van der Waals surface area contributed by atoms with E-state index in [4.69, 9.17) is 0 Å². The number of nitrogens with zero attached hydrogens (tertiary/aromatic N) is 1. The highest BCUT2D eigenvalue weighted by Crippen LogP contribution is 2.10. The second-order valence-electron chi connectivity index (χ2n) is 7.97. The van der Waals surface area contributed by atoms with Gasteiger partial charge in [-0.3, -0.25) is 0 Å². The summed E-state index contributed by atoms with van der Waals surface area (Å²) in [5, 5.41) is 0. The van der Waals surface area contributed by atoms with Gasteiger partial charge in [0, 0.05) is 0 Å². The van der Waals surface area contributed by atoms with Crippen LogP contribution in [0.3, 0.4) is 0 Å². The molecule has 0 fully saturated rings. The predicted octanol–water partition coefficient (Wildman–Crippen LogP) is 7.64. The van der Waals surface area contributed by atoms with Crippen LogP contribution in [-0.4, -0.2) is 24.5 Å². The minimum Gasteiger partial charge on any atom is -0.303 e. The summed E-state index contributed by atoms with van der Waals surface area (Å²) in [6.07, 6.45) is 19.4. The Morgan fingerprint density at radius 2 is 1.00 bits per heavy atom. The first kappa shape index (κ1) is 23.2. The van der Waals surface area contributed by atoms with E-state index in [2.05, 4.69) is 49.1 Å². The number of hydrogen-bond acceptors (Lipinski definition) is 1. The Morgan fingerprint density at radius 1 is 0.538 bits per heavy atom. The van der Waals surface area contributed by atoms with Crippen molar-refractivity contribution in [2.45, 2.75) is 104 Å². The van der Waals surface area contributed by atoms with E-state index in [-0.39, 0.29) is 0 Å². The van der Waals surface area contributed by atoms with Crippen LogP contribution in [0.15, 0.2) is 30.3 Å². The van der Waals surface area contributed by atoms with E-state index in [1.165, 1.54) is 115 Å². The summed E-state index contributed by atoms with van der Waals surface area (Å²) in [4.78, 5) is 2.75. The van der Waals surface area contributed by atoms with Crippen LogP contribution >= 0.6 is 0 Å². The first-order valence-corrected chi connectivity index (χ1v) is 11.6. The molecule has 1 rings (SSSR count). The van der Waals surface area contributed by atoms with Crippen molar-refractivity contribution >= 4 is 0 Å². The predicted molar refractivity (Wildman–Crippen MR) is 118 cm³/mol. The van der Waals surface area contributed by atoms with Crippen molar-refractivity contribution in [1.82, 2.24) is 4.90 Å². The summed E-state index contributed by atoms with van der Waals surface area (Å²) in [7, 11) is 0. The molecule has 1 nitrogen and oxygen atoms in total. The molecule has 1 aromatic rings. The number of unbranched alkanes of at least 4 members (excludes halogenated alkanes) is 10. The van der Waals surface area contributed by atoms with E-state index in [0.29, 0.717) is 0 Å². The normalized spacial score (nSPS) is 11.3. The second kappa shape index (κ2) is 17.6. The first-order chi connectivity index (χ1) is 12.9. The zero-order chi connectivity index (χ0) is 18.7. The monoisotopic (exact) mass is 359 g/mol. The van der Waals surface area contributed by atoms with E-state index in [1.54, 1.807) is 0 Å². The third-order valence-corrected chi connectivity index (χ3v) is 5.44. The molecule has 0 aliphatic heterocycles. The SMILES string of the molecule is CCCCCCCCN(CCCCCCCC)CCCc1ccccc1. The van der Waals surface area contributed by atoms with Crippen LogP contribution in [0.4, 0.5) is 0 Å². The Balaban J connectivity index is 2.20. The zero-order valence-corrected chi connectivity index (χ0v) is 17.9. The van der Waals surface area contributed by atoms with Gasteiger partial charge in [-0.2, -0.15) is 0 Å². The maximum Gasteiger partial charge on any atom is -0.00156 e. The minimum atomic E-state index is 1.23. The second-order valence-corrected chi connectivity index (χ2v) is 7.97. The van der Waals surface area contributed by atoms with Crippen molar-refractivity contribution < 1.29 is 0 Å². The van der Waals surface area contributed by atoms with Gasteiger partial charge in [0.25, 0.3) is 0 Å². The van der Waals surface area contributed by atoms with Gasteiger partial charge in [0.05, 0.1) is 0 Å². The largest absolute Gasteiger partial charge is 0.303 e. The fraction of sp³-hybridized carbons (Fsp3) is 0.760. The highest BCUT2D eigenvalue weighted by atomic mass is 15.1. The topological polar surface area (TPSA) is 3.24 Å². The Bertz CT molecular complexity index is 370. The van der Waals surface area contributed by atoms with E-state index in [1.807, 2.05) is 0 Å². The average molecular weight is 360 g/mol. The molecule has 0 saturated carbocycles. The van der Waals surface area contributed by atoms with Gasteiger partial charge in [-0.1, -0.05) is 108 Å². The molecule has 0 heterocycles. The standard InChI is InChI=1S/C25H45N/c1-3-5-7-9-11-16-22-26(23-17-12-10-8-6-4-2)24-18-21-25-19-14-13-15-20-25/h13-15,19-20H,3-12,16-18,21-24H2,1-2H3. The molecule has 0 amide bonds. The fourth-order valence-corrected chi connectivity index (χ4v) is 3.72. The summed E-state index contributed by atoms with van der Waals surface area (Å²) >= 11 is 0. The van der Waals surface area contributed by atoms with Gasteiger partial charge < -0.3 is 4.90 Å². The lowest BCUT2D eigenvalue weighted by molar-refractivity contribution is 0.257. The van der Waals surface area contributed by atoms with Crippen molar-refractivity contribution in [3.63, 3.8) is 0 Å². The lowest BCUT2D eigenvalue weighted by Crippen LogP contribution is -2.27. The first-order valence-electron chi connectivity index (χ1n) is 11.6. The van der Waals surface area contributed by atoms with E-state index in [9.17, 15) is 0 Å². The number of rotatable bonds is 18. The van der Waals surface area contributed by atoms with Crippen molar-refractivity contribution in [2.24, 2.45) is 0 Å². The van der Waals surface area contributed by atoms with Gasteiger partial charge >= 0.3 is 0 Å². The van der Waals surface area contributed by atoms with Crippen LogP contribution in [0.25, 0.3) is 0 Å². The Hall–Kier alpha value is -0.820. The molecular weight excluding hydrogens is 314 g/mol. The summed E-state index contributed by atoms with van der Waals surface area (Å²) in [6, 6.07) is 11.0. The molecule has 0 bridgehead atoms. The highest BCUT2D eigenvalue weighted by molar-refractivity contribution is 5.14. The fourth-order valence-electron chi connectivity index (χ4n) is 3.72. The third kappa shape index (κ3) is 13.4.